The number of benzene rings is 1. The lowest BCUT2D eigenvalue weighted by Crippen LogP contribution is -2.04. The SMILES string of the molecule is CCC(O)c1c(-c2ccc(Cl)c(Cl)c2)nc2cccc(C)n12. The molecular formula is C17H16Cl2N2O. The molecule has 3 nitrogen and oxygen atoms in total. The Morgan fingerprint density at radius 2 is 1.95 bits per heavy atom. The predicted octanol–water partition coefficient (Wildman–Crippen LogP) is 5.06. The van der Waals surface area contributed by atoms with Gasteiger partial charge in [-0.05, 0) is 37.6 Å². The van der Waals surface area contributed by atoms with Gasteiger partial charge in [-0.2, -0.15) is 0 Å². The highest BCUT2D eigenvalue weighted by Crippen LogP contribution is 2.34. The largest absolute Gasteiger partial charge is 0.387 e. The van der Waals surface area contributed by atoms with E-state index < -0.39 is 6.10 Å². The third-order valence-electron chi connectivity index (χ3n) is 3.77. The number of imidazole rings is 1. The first-order valence-electron chi connectivity index (χ1n) is 7.14. The average Bonchev–Trinajstić information content (AvgIpc) is 2.90. The molecule has 1 unspecified atom stereocenters. The molecule has 0 aliphatic rings. The summed E-state index contributed by atoms with van der Waals surface area (Å²) in [6.45, 7) is 3.94. The molecule has 1 atom stereocenters. The van der Waals surface area contributed by atoms with E-state index in [2.05, 4.69) is 4.98 Å². The Morgan fingerprint density at radius 3 is 2.64 bits per heavy atom. The molecule has 0 saturated heterocycles. The van der Waals surface area contributed by atoms with Crippen molar-refractivity contribution in [3.8, 4) is 11.3 Å². The summed E-state index contributed by atoms with van der Waals surface area (Å²) in [6.07, 6.45) is 0.0109. The summed E-state index contributed by atoms with van der Waals surface area (Å²) in [4.78, 5) is 4.68. The summed E-state index contributed by atoms with van der Waals surface area (Å²) in [5.41, 5.74) is 4.21. The number of halogens is 2. The van der Waals surface area contributed by atoms with Crippen LogP contribution < -0.4 is 0 Å². The lowest BCUT2D eigenvalue weighted by molar-refractivity contribution is 0.168. The smallest absolute Gasteiger partial charge is 0.137 e. The molecule has 5 heteroatoms. The third-order valence-corrected chi connectivity index (χ3v) is 4.51. The number of pyridine rings is 1. The first kappa shape index (κ1) is 15.3. The van der Waals surface area contributed by atoms with Gasteiger partial charge < -0.3 is 5.11 Å². The summed E-state index contributed by atoms with van der Waals surface area (Å²) < 4.78 is 1.99. The minimum atomic E-state index is -0.597. The topological polar surface area (TPSA) is 37.5 Å². The fraction of sp³-hybridized carbons (Fsp3) is 0.235. The average molecular weight is 335 g/mol. The number of nitrogens with zero attached hydrogens (tertiary/aromatic N) is 2. The monoisotopic (exact) mass is 334 g/mol. The number of rotatable bonds is 3. The molecule has 22 heavy (non-hydrogen) atoms. The molecular weight excluding hydrogens is 319 g/mol. The van der Waals surface area contributed by atoms with Crippen LogP contribution in [0.3, 0.4) is 0 Å². The van der Waals surface area contributed by atoms with Crippen molar-refractivity contribution in [1.29, 1.82) is 0 Å². The Morgan fingerprint density at radius 1 is 1.18 bits per heavy atom. The van der Waals surface area contributed by atoms with Crippen molar-refractivity contribution in [1.82, 2.24) is 9.38 Å². The van der Waals surface area contributed by atoms with Gasteiger partial charge in [0.05, 0.1) is 27.5 Å². The summed E-state index contributed by atoms with van der Waals surface area (Å²) >= 11 is 12.1. The lowest BCUT2D eigenvalue weighted by Gasteiger charge is -2.12. The van der Waals surface area contributed by atoms with E-state index in [1.54, 1.807) is 12.1 Å². The fourth-order valence-corrected chi connectivity index (χ4v) is 2.94. The van der Waals surface area contributed by atoms with Crippen molar-refractivity contribution in [3.63, 3.8) is 0 Å². The minimum Gasteiger partial charge on any atom is -0.387 e. The Kier molecular flexibility index (Phi) is 4.13. The van der Waals surface area contributed by atoms with Gasteiger partial charge in [-0.3, -0.25) is 4.40 Å². The first-order chi connectivity index (χ1) is 10.5. The van der Waals surface area contributed by atoms with Gasteiger partial charge in [0.1, 0.15) is 5.65 Å². The second-order valence-electron chi connectivity index (χ2n) is 5.26. The standard InChI is InChI=1S/C17H16Cl2N2O/c1-3-14(22)17-16(11-7-8-12(18)13(19)9-11)20-15-6-4-5-10(2)21(15)17/h4-9,14,22H,3H2,1-2H3. The maximum Gasteiger partial charge on any atom is 0.137 e. The van der Waals surface area contributed by atoms with Crippen LogP contribution in [0, 0.1) is 6.92 Å². The van der Waals surface area contributed by atoms with Crippen LogP contribution in [-0.2, 0) is 0 Å². The molecule has 0 radical (unpaired) electrons. The molecule has 3 rings (SSSR count). The highest BCUT2D eigenvalue weighted by Gasteiger charge is 2.21. The van der Waals surface area contributed by atoms with E-state index in [1.807, 2.05) is 42.5 Å². The van der Waals surface area contributed by atoms with Crippen LogP contribution in [0.25, 0.3) is 16.9 Å². The first-order valence-corrected chi connectivity index (χ1v) is 7.90. The zero-order valence-corrected chi connectivity index (χ0v) is 13.9. The molecule has 1 N–H and O–H groups in total. The number of fused-ring (bicyclic) bond motifs is 1. The molecule has 0 aliphatic heterocycles. The van der Waals surface area contributed by atoms with E-state index in [9.17, 15) is 5.11 Å². The van der Waals surface area contributed by atoms with Crippen molar-refractivity contribution in [3.05, 3.63) is 57.8 Å². The van der Waals surface area contributed by atoms with E-state index in [1.165, 1.54) is 0 Å². The highest BCUT2D eigenvalue weighted by molar-refractivity contribution is 6.42. The van der Waals surface area contributed by atoms with Gasteiger partial charge in [-0.25, -0.2) is 4.98 Å². The van der Waals surface area contributed by atoms with E-state index in [4.69, 9.17) is 23.2 Å². The summed E-state index contributed by atoms with van der Waals surface area (Å²) in [7, 11) is 0. The summed E-state index contributed by atoms with van der Waals surface area (Å²) in [5.74, 6) is 0. The van der Waals surface area contributed by atoms with E-state index in [0.29, 0.717) is 16.5 Å². The van der Waals surface area contributed by atoms with Crippen LogP contribution in [-0.4, -0.2) is 14.5 Å². The zero-order chi connectivity index (χ0) is 15.9. The molecule has 0 bridgehead atoms. The fourth-order valence-electron chi connectivity index (χ4n) is 2.64. The van der Waals surface area contributed by atoms with Crippen molar-refractivity contribution < 1.29 is 5.11 Å². The lowest BCUT2D eigenvalue weighted by atomic mass is 10.1. The van der Waals surface area contributed by atoms with Gasteiger partial charge in [0, 0.05) is 11.3 Å². The summed E-state index contributed by atoms with van der Waals surface area (Å²) in [5, 5.41) is 11.5. The van der Waals surface area contributed by atoms with Crippen LogP contribution >= 0.6 is 23.2 Å². The molecule has 0 aliphatic carbocycles. The third kappa shape index (κ3) is 2.50. The Balaban J connectivity index is 2.33. The van der Waals surface area contributed by atoms with Gasteiger partial charge in [0.25, 0.3) is 0 Å². The van der Waals surface area contributed by atoms with Crippen molar-refractivity contribution in [2.24, 2.45) is 0 Å². The quantitative estimate of drug-likeness (QED) is 0.726. The molecule has 0 spiro atoms. The Labute approximate surface area is 139 Å². The maximum absolute atomic E-state index is 10.5. The van der Waals surface area contributed by atoms with Crippen molar-refractivity contribution >= 4 is 28.8 Å². The number of aryl methyl sites for hydroxylation is 1. The molecule has 0 fully saturated rings. The van der Waals surface area contributed by atoms with Gasteiger partial charge in [0.15, 0.2) is 0 Å². The number of hydrogen-bond donors (Lipinski definition) is 1. The molecule has 2 heterocycles. The maximum atomic E-state index is 10.5. The van der Waals surface area contributed by atoms with Crippen LogP contribution in [0.15, 0.2) is 36.4 Å². The van der Waals surface area contributed by atoms with Crippen molar-refractivity contribution in [2.75, 3.05) is 0 Å². The summed E-state index contributed by atoms with van der Waals surface area (Å²) in [6, 6.07) is 11.3. The molecule has 1 aromatic carbocycles. The van der Waals surface area contributed by atoms with Crippen LogP contribution in [0.2, 0.25) is 10.0 Å². The Bertz CT molecular complexity index is 842. The molecule has 0 amide bonds. The van der Waals surface area contributed by atoms with Crippen molar-refractivity contribution in [2.45, 2.75) is 26.4 Å². The second kappa shape index (κ2) is 5.92. The number of aliphatic hydroxyl groups is 1. The van der Waals surface area contributed by atoms with Gasteiger partial charge in [-0.15, -0.1) is 0 Å². The van der Waals surface area contributed by atoms with E-state index in [0.717, 1.165) is 28.3 Å². The normalized spacial score (nSPS) is 12.8. The van der Waals surface area contributed by atoms with Gasteiger partial charge in [0.2, 0.25) is 0 Å². The van der Waals surface area contributed by atoms with Crippen LogP contribution in [0.4, 0.5) is 0 Å². The molecule has 2 aromatic heterocycles. The minimum absolute atomic E-state index is 0.477. The number of hydrogen-bond acceptors (Lipinski definition) is 2. The Hall–Kier alpha value is -1.55. The molecule has 3 aromatic rings. The van der Waals surface area contributed by atoms with E-state index >= 15 is 0 Å². The van der Waals surface area contributed by atoms with E-state index in [-0.39, 0.29) is 0 Å². The van der Waals surface area contributed by atoms with Gasteiger partial charge >= 0.3 is 0 Å². The number of aliphatic hydroxyl groups excluding tert-OH is 1. The van der Waals surface area contributed by atoms with Gasteiger partial charge in [-0.1, -0.05) is 42.3 Å². The van der Waals surface area contributed by atoms with Crippen LogP contribution in [0.5, 0.6) is 0 Å². The molecule has 114 valence electrons. The highest BCUT2D eigenvalue weighted by atomic mass is 35.5. The second-order valence-corrected chi connectivity index (χ2v) is 6.07. The number of aromatic nitrogens is 2. The zero-order valence-electron chi connectivity index (χ0n) is 12.3. The van der Waals surface area contributed by atoms with Crippen LogP contribution in [0.1, 0.15) is 30.8 Å². The molecule has 0 saturated carbocycles. The predicted molar refractivity (Wildman–Crippen MR) is 90.6 cm³/mol.